The molecule has 0 aliphatic carbocycles. The van der Waals surface area contributed by atoms with Gasteiger partial charge in [0.15, 0.2) is 0 Å². The minimum Gasteiger partial charge on any atom is -0.507 e. The van der Waals surface area contributed by atoms with E-state index in [1.807, 2.05) is 48.5 Å². The number of rotatable bonds is 16. The van der Waals surface area contributed by atoms with Gasteiger partial charge in [0.1, 0.15) is 11.5 Å². The quantitative estimate of drug-likeness (QED) is 0.0702. The maximum absolute atomic E-state index is 13.9. The third-order valence-electron chi connectivity index (χ3n) is 11.9. The van der Waals surface area contributed by atoms with Crippen molar-refractivity contribution in [1.82, 2.24) is 14.7 Å². The van der Waals surface area contributed by atoms with Crippen LogP contribution in [0.25, 0.3) is 21.5 Å². The number of fused-ring (bicyclic) bond motifs is 6. The number of anilines is 2. The first kappa shape index (κ1) is 43.4. The topological polar surface area (TPSA) is 148 Å². The first-order valence-electron chi connectivity index (χ1n) is 20.6. The number of ether oxygens (including phenoxy) is 1. The predicted octanol–water partition coefficient (Wildman–Crippen LogP) is 7.28. The fourth-order valence-corrected chi connectivity index (χ4v) is 9.07. The average molecular weight is 871 g/mol. The number of halogens is 2. The van der Waals surface area contributed by atoms with Crippen LogP contribution < -0.4 is 14.5 Å². The molecule has 0 saturated carbocycles. The van der Waals surface area contributed by atoms with Gasteiger partial charge in [0, 0.05) is 125 Å². The van der Waals surface area contributed by atoms with Gasteiger partial charge in [-0.25, -0.2) is 4.79 Å². The van der Waals surface area contributed by atoms with Crippen LogP contribution >= 0.6 is 23.2 Å². The Bertz CT molecular complexity index is 2400. The molecule has 0 radical (unpaired) electrons. The number of hydrogen-bond donors (Lipinski definition) is 1. The van der Waals surface area contributed by atoms with Crippen LogP contribution in [-0.2, 0) is 24.0 Å². The third kappa shape index (κ3) is 9.04. The van der Waals surface area contributed by atoms with Crippen molar-refractivity contribution in [2.45, 2.75) is 56.8 Å². The summed E-state index contributed by atoms with van der Waals surface area (Å²) in [5.41, 5.74) is 3.09. The summed E-state index contributed by atoms with van der Waals surface area (Å²) < 4.78 is 5.98. The second kappa shape index (κ2) is 18.9. The van der Waals surface area contributed by atoms with Crippen molar-refractivity contribution in [1.29, 1.82) is 0 Å². The van der Waals surface area contributed by atoms with Crippen molar-refractivity contribution in [3.05, 3.63) is 83.9 Å². The first-order chi connectivity index (χ1) is 29.4. The molecule has 3 aliphatic heterocycles. The van der Waals surface area contributed by atoms with Gasteiger partial charge in [0.2, 0.25) is 17.7 Å². The number of unbranched alkanes of at least 4 members (excludes halogenated alkanes) is 2. The van der Waals surface area contributed by atoms with E-state index in [2.05, 4.69) is 0 Å². The number of nitrogens with zero attached hydrogens (tertiary/aromatic N) is 5. The minimum atomic E-state index is -0.629. The molecule has 1 N–H and O–H groups in total. The highest BCUT2D eigenvalue weighted by atomic mass is 35.5. The van der Waals surface area contributed by atoms with Crippen LogP contribution in [0.15, 0.2) is 72.8 Å². The normalized spacial score (nSPS) is 16.8. The fraction of sp³-hybridized carbons (Fsp3) is 0.391. The molecule has 13 nitrogen and oxygen atoms in total. The number of hydrogen-bond acceptors (Lipinski definition) is 8. The van der Waals surface area contributed by atoms with Crippen molar-refractivity contribution in [3.8, 4) is 11.5 Å². The van der Waals surface area contributed by atoms with E-state index in [4.69, 9.17) is 27.9 Å². The van der Waals surface area contributed by atoms with Crippen LogP contribution in [0.2, 0.25) is 0 Å². The first-order valence-corrected chi connectivity index (χ1v) is 21.7. The Morgan fingerprint density at radius 1 is 0.689 bits per heavy atom. The van der Waals surface area contributed by atoms with Gasteiger partial charge in [-0.05, 0) is 41.2 Å². The fourth-order valence-electron chi connectivity index (χ4n) is 8.56. The molecule has 3 heterocycles. The van der Waals surface area contributed by atoms with Crippen LogP contribution in [-0.4, -0.2) is 114 Å². The van der Waals surface area contributed by atoms with E-state index < -0.39 is 6.09 Å². The Labute approximate surface area is 364 Å². The number of likely N-dealkylation sites (N-methyl/N-ethyl adjacent to an activating group) is 2. The lowest BCUT2D eigenvalue weighted by atomic mass is 9.95. The van der Waals surface area contributed by atoms with E-state index in [1.54, 1.807) is 40.9 Å². The highest BCUT2D eigenvalue weighted by Crippen LogP contribution is 2.47. The molecular formula is C46H49Cl2N5O8. The van der Waals surface area contributed by atoms with Crippen molar-refractivity contribution in [2.24, 2.45) is 0 Å². The lowest BCUT2D eigenvalue weighted by Gasteiger charge is -2.23. The van der Waals surface area contributed by atoms with Crippen LogP contribution in [0.1, 0.15) is 67.9 Å². The lowest BCUT2D eigenvalue weighted by Crippen LogP contribution is -2.38. The zero-order valence-corrected chi connectivity index (χ0v) is 35.8. The Kier molecular flexibility index (Phi) is 13.5. The summed E-state index contributed by atoms with van der Waals surface area (Å²) in [5.74, 6) is -0.348. The highest BCUT2D eigenvalue weighted by Gasteiger charge is 2.37. The number of phenolic OH excluding ortho intramolecular Hbond substituents is 1. The number of alkyl halides is 2. The standard InChI is InChI=1S/C46H49Cl2N5O8/c1-49(39(55)15-4-3-9-20-51-42(58)18-19-43(51)59)21-22-50(2)46(60)61-38-24-36-45(34-14-8-6-12-32(34)38)30(26-48)28-53(36)41(57)17-10-16-40(56)52-27-29(25-47)44-33-13-7-5-11-31(33)37(54)23-35(44)52/h5-8,11-14,18-19,23-24,29-30,54H,3-4,9-10,15-17,20-22,25-28H2,1-2H3/t29-,30-/m1/s1. The summed E-state index contributed by atoms with van der Waals surface area (Å²) in [7, 11) is 3.27. The lowest BCUT2D eigenvalue weighted by molar-refractivity contribution is -0.137. The SMILES string of the molecule is CN(CCN(C)C(=O)Oc1cc2c(c3ccccc13)[C@H](CCl)CN2C(=O)CCCC(=O)N1C[C@@H](CCl)c2c1cc(O)c1ccccc21)C(=O)CCCCCN1C(=O)C=CC1=O. The molecule has 2 atom stereocenters. The van der Waals surface area contributed by atoms with Crippen molar-refractivity contribution < 1.29 is 38.6 Å². The zero-order valence-electron chi connectivity index (χ0n) is 34.3. The summed E-state index contributed by atoms with van der Waals surface area (Å²) in [5, 5.41) is 13.9. The maximum atomic E-state index is 13.9. The van der Waals surface area contributed by atoms with Crippen molar-refractivity contribution >= 4 is 91.8 Å². The summed E-state index contributed by atoms with van der Waals surface area (Å²) >= 11 is 12.9. The minimum absolute atomic E-state index is 0.0836. The zero-order chi connectivity index (χ0) is 43.4. The summed E-state index contributed by atoms with van der Waals surface area (Å²) in [6.45, 7) is 1.54. The monoisotopic (exact) mass is 869 g/mol. The Hall–Kier alpha value is -5.66. The molecule has 0 fully saturated rings. The molecule has 6 amide bonds. The number of phenols is 1. The predicted molar refractivity (Wildman–Crippen MR) is 236 cm³/mol. The van der Waals surface area contributed by atoms with Gasteiger partial charge in [-0.2, -0.15) is 0 Å². The number of imide groups is 1. The largest absolute Gasteiger partial charge is 0.507 e. The van der Waals surface area contributed by atoms with Crippen molar-refractivity contribution in [3.63, 3.8) is 0 Å². The number of aromatic hydroxyl groups is 1. The van der Waals surface area contributed by atoms with Gasteiger partial charge in [0.05, 0.1) is 11.4 Å². The molecule has 0 bridgehead atoms. The van der Waals surface area contributed by atoms with E-state index >= 15 is 0 Å². The second-order valence-electron chi connectivity index (χ2n) is 15.9. The molecule has 0 spiro atoms. The smallest absolute Gasteiger partial charge is 0.415 e. The molecule has 3 aliphatic rings. The third-order valence-corrected chi connectivity index (χ3v) is 12.7. The summed E-state index contributed by atoms with van der Waals surface area (Å²) in [6.07, 6.45) is 4.58. The van der Waals surface area contributed by atoms with Crippen LogP contribution in [0, 0.1) is 0 Å². The second-order valence-corrected chi connectivity index (χ2v) is 16.5. The highest BCUT2D eigenvalue weighted by molar-refractivity contribution is 6.19. The summed E-state index contributed by atoms with van der Waals surface area (Å²) in [4.78, 5) is 84.8. The molecule has 61 heavy (non-hydrogen) atoms. The number of benzene rings is 4. The van der Waals surface area contributed by atoms with Gasteiger partial charge < -0.3 is 29.4 Å². The van der Waals surface area contributed by atoms with Gasteiger partial charge in [-0.15, -0.1) is 23.2 Å². The van der Waals surface area contributed by atoms with E-state index in [0.29, 0.717) is 79.8 Å². The molecule has 4 aromatic carbocycles. The number of carbonyl (C=O) groups excluding carboxylic acids is 6. The Morgan fingerprint density at radius 3 is 1.80 bits per heavy atom. The van der Waals surface area contributed by atoms with Gasteiger partial charge in [-0.1, -0.05) is 55.0 Å². The van der Waals surface area contributed by atoms with E-state index in [1.165, 1.54) is 22.0 Å². The molecular weight excluding hydrogens is 821 g/mol. The van der Waals surface area contributed by atoms with Gasteiger partial charge in [-0.3, -0.25) is 28.9 Å². The molecule has 15 heteroatoms. The van der Waals surface area contributed by atoms with Gasteiger partial charge in [0.25, 0.3) is 11.8 Å². The average Bonchev–Trinajstić information content (AvgIpc) is 3.94. The summed E-state index contributed by atoms with van der Waals surface area (Å²) in [6, 6.07) is 18.4. The molecule has 0 saturated heterocycles. The Morgan fingerprint density at radius 2 is 1.21 bits per heavy atom. The molecule has 0 unspecified atom stereocenters. The van der Waals surface area contributed by atoms with Crippen molar-refractivity contribution in [2.75, 3.05) is 68.4 Å². The number of carbonyl (C=O) groups is 6. The Balaban J connectivity index is 0.957. The van der Waals surface area contributed by atoms with Gasteiger partial charge >= 0.3 is 6.09 Å². The van der Waals surface area contributed by atoms with Crippen LogP contribution in [0.4, 0.5) is 16.2 Å². The number of amides is 6. The molecule has 7 rings (SSSR count). The van der Waals surface area contributed by atoms with E-state index in [9.17, 15) is 33.9 Å². The van der Waals surface area contributed by atoms with E-state index in [0.717, 1.165) is 21.9 Å². The maximum Gasteiger partial charge on any atom is 0.415 e. The molecule has 0 aromatic heterocycles. The van der Waals surface area contributed by atoms with Crippen LogP contribution in [0.5, 0.6) is 11.5 Å². The van der Waals surface area contributed by atoms with Crippen LogP contribution in [0.3, 0.4) is 0 Å². The van der Waals surface area contributed by atoms with E-state index in [-0.39, 0.29) is 84.7 Å². The molecule has 4 aromatic rings. The molecule has 320 valence electrons.